The van der Waals surface area contributed by atoms with Gasteiger partial charge in [0.05, 0.1) is 18.9 Å². The molecular weight excluding hydrogens is 310 g/mol. The Balaban J connectivity index is 2.10. The summed E-state index contributed by atoms with van der Waals surface area (Å²) in [5, 5.41) is 11.9. The first-order chi connectivity index (χ1) is 10.0. The van der Waals surface area contributed by atoms with E-state index < -0.39 is 16.1 Å². The van der Waals surface area contributed by atoms with Crippen LogP contribution in [-0.2, 0) is 10.0 Å². The summed E-state index contributed by atoms with van der Waals surface area (Å²) in [6.45, 7) is 0.265. The molecule has 1 aliphatic heterocycles. The number of ether oxygens (including phenoxy) is 1. The predicted octanol–water partition coefficient (Wildman–Crippen LogP) is 2.39. The van der Waals surface area contributed by atoms with Crippen LogP contribution in [0.3, 0.4) is 0 Å². The molecule has 0 amide bonds. The van der Waals surface area contributed by atoms with Gasteiger partial charge in [0, 0.05) is 12.1 Å². The summed E-state index contributed by atoms with van der Waals surface area (Å²) < 4.78 is 32.2. The van der Waals surface area contributed by atoms with Gasteiger partial charge in [-0.05, 0) is 36.1 Å². The van der Waals surface area contributed by atoms with Crippen LogP contribution >= 0.6 is 11.3 Å². The van der Waals surface area contributed by atoms with Gasteiger partial charge in [-0.15, -0.1) is 11.3 Å². The highest BCUT2D eigenvalue weighted by Gasteiger charge is 2.33. The number of benzene rings is 1. The zero-order valence-electron chi connectivity index (χ0n) is 11.4. The topological polar surface area (TPSA) is 66.8 Å². The summed E-state index contributed by atoms with van der Waals surface area (Å²) >= 11 is 1.19. The number of hydrogen-bond donors (Lipinski definition) is 1. The summed E-state index contributed by atoms with van der Waals surface area (Å²) in [4.78, 5) is 0. The zero-order valence-corrected chi connectivity index (χ0v) is 13.0. The van der Waals surface area contributed by atoms with Crippen molar-refractivity contribution in [2.24, 2.45) is 0 Å². The van der Waals surface area contributed by atoms with E-state index in [0.29, 0.717) is 27.6 Å². The number of methoxy groups -OCH3 is 1. The lowest BCUT2D eigenvalue weighted by atomic mass is 10.0. The van der Waals surface area contributed by atoms with E-state index in [1.807, 2.05) is 0 Å². The molecule has 1 aliphatic rings. The van der Waals surface area contributed by atoms with Crippen molar-refractivity contribution in [3.63, 3.8) is 0 Å². The Bertz CT molecular complexity index is 740. The summed E-state index contributed by atoms with van der Waals surface area (Å²) in [5.74, 6) is 0.600. The molecule has 2 aromatic rings. The van der Waals surface area contributed by atoms with Crippen molar-refractivity contribution in [2.75, 3.05) is 18.0 Å². The van der Waals surface area contributed by atoms with Crippen LogP contribution in [0.5, 0.6) is 5.75 Å². The van der Waals surface area contributed by atoms with Crippen molar-refractivity contribution in [2.45, 2.75) is 16.7 Å². The third-order valence-electron chi connectivity index (χ3n) is 3.51. The number of sulfonamides is 1. The minimum atomic E-state index is -3.58. The monoisotopic (exact) mass is 325 g/mol. The first-order valence-corrected chi connectivity index (χ1v) is 8.78. The number of nitrogens with zero attached hydrogens (tertiary/aromatic N) is 1. The number of rotatable bonds is 3. The summed E-state index contributed by atoms with van der Waals surface area (Å²) in [5.41, 5.74) is 1.10. The van der Waals surface area contributed by atoms with Gasteiger partial charge in [-0.2, -0.15) is 0 Å². The molecule has 0 fully saturated rings. The Hall–Kier alpha value is -1.57. The summed E-state index contributed by atoms with van der Waals surface area (Å²) in [6, 6.07) is 8.38. The SMILES string of the molecule is COc1ccc2c(c1)C(O)CCN2S(=O)(=O)c1cccs1. The Labute approximate surface area is 127 Å². The van der Waals surface area contributed by atoms with Crippen LogP contribution in [0.15, 0.2) is 39.9 Å². The van der Waals surface area contributed by atoms with Gasteiger partial charge in [-0.25, -0.2) is 8.42 Å². The molecule has 1 aromatic carbocycles. The Morgan fingerprint density at radius 2 is 2.19 bits per heavy atom. The van der Waals surface area contributed by atoms with Gasteiger partial charge in [-0.1, -0.05) is 6.07 Å². The Kier molecular flexibility index (Phi) is 3.64. The van der Waals surface area contributed by atoms with Crippen LogP contribution in [0.2, 0.25) is 0 Å². The van der Waals surface area contributed by atoms with Crippen molar-refractivity contribution >= 4 is 27.0 Å². The summed E-state index contributed by atoms with van der Waals surface area (Å²) in [7, 11) is -2.04. The van der Waals surface area contributed by atoms with Gasteiger partial charge in [0.25, 0.3) is 10.0 Å². The number of fused-ring (bicyclic) bond motifs is 1. The number of hydrogen-bond acceptors (Lipinski definition) is 5. The average Bonchev–Trinajstić information content (AvgIpc) is 3.02. The molecule has 2 heterocycles. The van der Waals surface area contributed by atoms with Crippen molar-refractivity contribution < 1.29 is 18.3 Å². The van der Waals surface area contributed by atoms with Crippen LogP contribution in [0.25, 0.3) is 0 Å². The number of thiophene rings is 1. The second kappa shape index (κ2) is 5.32. The normalized spacial score (nSPS) is 18.4. The van der Waals surface area contributed by atoms with Gasteiger partial charge in [-0.3, -0.25) is 4.31 Å². The molecule has 3 rings (SSSR count). The molecule has 1 aromatic heterocycles. The Morgan fingerprint density at radius 3 is 2.86 bits per heavy atom. The summed E-state index contributed by atoms with van der Waals surface area (Å²) in [6.07, 6.45) is -0.310. The molecule has 0 bridgehead atoms. The lowest BCUT2D eigenvalue weighted by molar-refractivity contribution is 0.166. The molecule has 0 saturated heterocycles. The van der Waals surface area contributed by atoms with Gasteiger partial charge >= 0.3 is 0 Å². The molecule has 0 radical (unpaired) electrons. The van der Waals surface area contributed by atoms with Crippen molar-refractivity contribution in [1.82, 2.24) is 0 Å². The third kappa shape index (κ3) is 2.41. The second-order valence-electron chi connectivity index (χ2n) is 4.74. The molecule has 1 unspecified atom stereocenters. The lowest BCUT2D eigenvalue weighted by Gasteiger charge is -2.32. The highest BCUT2D eigenvalue weighted by atomic mass is 32.2. The van der Waals surface area contributed by atoms with Crippen LogP contribution in [-0.4, -0.2) is 27.2 Å². The van der Waals surface area contributed by atoms with Crippen molar-refractivity contribution in [3.05, 3.63) is 41.3 Å². The highest BCUT2D eigenvalue weighted by molar-refractivity contribution is 7.94. The number of aliphatic hydroxyl groups is 1. The molecular formula is C14H15NO4S2. The third-order valence-corrected chi connectivity index (χ3v) is 6.69. The molecule has 7 heteroatoms. The molecule has 112 valence electrons. The van der Waals surface area contributed by atoms with E-state index in [4.69, 9.17) is 4.74 Å². The first kappa shape index (κ1) is 14.4. The van der Waals surface area contributed by atoms with Crippen molar-refractivity contribution in [3.8, 4) is 5.75 Å². The molecule has 1 N–H and O–H groups in total. The average molecular weight is 325 g/mol. The molecule has 5 nitrogen and oxygen atoms in total. The maximum atomic E-state index is 12.7. The number of anilines is 1. The van der Waals surface area contributed by atoms with Gasteiger partial charge in [0.1, 0.15) is 9.96 Å². The maximum absolute atomic E-state index is 12.7. The van der Waals surface area contributed by atoms with Crippen molar-refractivity contribution in [1.29, 1.82) is 0 Å². The molecule has 21 heavy (non-hydrogen) atoms. The quantitative estimate of drug-likeness (QED) is 0.941. The van der Waals surface area contributed by atoms with E-state index >= 15 is 0 Å². The van der Waals surface area contributed by atoms with Crippen LogP contribution in [0.4, 0.5) is 5.69 Å². The van der Waals surface area contributed by atoms with Crippen LogP contribution in [0.1, 0.15) is 18.1 Å². The smallest absolute Gasteiger partial charge is 0.273 e. The largest absolute Gasteiger partial charge is 0.497 e. The minimum absolute atomic E-state index is 0.265. The molecule has 0 saturated carbocycles. The fourth-order valence-electron chi connectivity index (χ4n) is 2.44. The first-order valence-electron chi connectivity index (χ1n) is 6.46. The number of aliphatic hydroxyl groups excluding tert-OH is 1. The van der Waals surface area contributed by atoms with E-state index in [2.05, 4.69) is 0 Å². The fourth-order valence-corrected chi connectivity index (χ4v) is 5.05. The van der Waals surface area contributed by atoms with E-state index in [1.54, 1.807) is 35.7 Å². The molecule has 1 atom stereocenters. The highest BCUT2D eigenvalue weighted by Crippen LogP contribution is 2.39. The van der Waals surface area contributed by atoms with Gasteiger partial charge in [0.2, 0.25) is 0 Å². The maximum Gasteiger partial charge on any atom is 0.273 e. The van der Waals surface area contributed by atoms with E-state index in [-0.39, 0.29) is 6.54 Å². The van der Waals surface area contributed by atoms with E-state index in [1.165, 1.54) is 22.8 Å². The Morgan fingerprint density at radius 1 is 1.38 bits per heavy atom. The second-order valence-corrected chi connectivity index (χ2v) is 7.78. The molecule has 0 spiro atoms. The zero-order chi connectivity index (χ0) is 15.0. The minimum Gasteiger partial charge on any atom is -0.497 e. The van der Waals surface area contributed by atoms with Crippen LogP contribution < -0.4 is 9.04 Å². The van der Waals surface area contributed by atoms with E-state index in [9.17, 15) is 13.5 Å². The lowest BCUT2D eigenvalue weighted by Crippen LogP contribution is -2.36. The van der Waals surface area contributed by atoms with Gasteiger partial charge < -0.3 is 9.84 Å². The fraction of sp³-hybridized carbons (Fsp3) is 0.286. The van der Waals surface area contributed by atoms with Gasteiger partial charge in [0.15, 0.2) is 0 Å². The predicted molar refractivity (Wildman–Crippen MR) is 81.4 cm³/mol. The van der Waals surface area contributed by atoms with E-state index in [0.717, 1.165) is 0 Å². The molecule has 0 aliphatic carbocycles. The standard InChI is InChI=1S/C14H15NO4S2/c1-19-10-4-5-12-11(9-10)13(16)6-7-15(12)21(17,18)14-3-2-8-20-14/h2-5,8-9,13,16H,6-7H2,1H3. The van der Waals surface area contributed by atoms with Crippen LogP contribution in [0, 0.1) is 0 Å².